The topological polar surface area (TPSA) is 88.9 Å². The Hall–Kier alpha value is -2.37. The first kappa shape index (κ1) is 9.20. The molecule has 0 saturated carbocycles. The minimum Gasteiger partial charge on any atom is -0.476 e. The van der Waals surface area contributed by atoms with Crippen LogP contribution in [0.3, 0.4) is 0 Å². The molecule has 6 nitrogen and oxygen atoms in total. The fourth-order valence-electron chi connectivity index (χ4n) is 1.04. The van der Waals surface area contributed by atoms with Crippen molar-refractivity contribution in [2.24, 2.45) is 0 Å². The maximum atomic E-state index is 10.5. The summed E-state index contributed by atoms with van der Waals surface area (Å²) in [5.41, 5.74) is 1.23. The van der Waals surface area contributed by atoms with E-state index in [0.717, 1.165) is 5.56 Å². The second-order valence-electron chi connectivity index (χ2n) is 2.74. The predicted molar refractivity (Wildman–Crippen MR) is 50.0 cm³/mol. The third-order valence-electron chi connectivity index (χ3n) is 1.76. The number of nitrogens with zero attached hydrogens (tertiary/aromatic N) is 4. The summed E-state index contributed by atoms with van der Waals surface area (Å²) in [6, 6.07) is 4.69. The molecule has 0 spiro atoms. The first-order valence-electron chi connectivity index (χ1n) is 4.11. The van der Waals surface area contributed by atoms with E-state index in [4.69, 9.17) is 5.11 Å². The molecule has 2 heterocycles. The van der Waals surface area contributed by atoms with Crippen molar-refractivity contribution in [3.63, 3.8) is 0 Å². The van der Waals surface area contributed by atoms with Crippen molar-refractivity contribution in [1.82, 2.24) is 20.4 Å². The van der Waals surface area contributed by atoms with Crippen LogP contribution in [0.2, 0.25) is 0 Å². The highest BCUT2D eigenvalue weighted by atomic mass is 16.4. The zero-order valence-electron chi connectivity index (χ0n) is 7.53. The monoisotopic (exact) mass is 202 g/mol. The van der Waals surface area contributed by atoms with Crippen molar-refractivity contribution in [3.05, 3.63) is 36.3 Å². The summed E-state index contributed by atoms with van der Waals surface area (Å²) in [7, 11) is 0. The predicted octanol–water partition coefficient (Wildman–Crippen LogP) is 0.632. The third-order valence-corrected chi connectivity index (χ3v) is 1.76. The molecule has 0 radical (unpaired) electrons. The van der Waals surface area contributed by atoms with E-state index in [1.807, 2.05) is 0 Å². The molecule has 0 saturated heterocycles. The Labute approximate surface area is 84.6 Å². The highest BCUT2D eigenvalue weighted by molar-refractivity contribution is 5.85. The van der Waals surface area contributed by atoms with Gasteiger partial charge < -0.3 is 5.11 Å². The normalized spacial score (nSPS) is 9.87. The van der Waals surface area contributed by atoms with Gasteiger partial charge in [0.1, 0.15) is 0 Å². The van der Waals surface area contributed by atoms with E-state index in [-0.39, 0.29) is 5.69 Å². The minimum atomic E-state index is -1.10. The molecule has 1 N–H and O–H groups in total. The van der Waals surface area contributed by atoms with Crippen LogP contribution in [0.5, 0.6) is 0 Å². The van der Waals surface area contributed by atoms with Crippen LogP contribution >= 0.6 is 0 Å². The summed E-state index contributed by atoms with van der Waals surface area (Å²) >= 11 is 0. The summed E-state index contributed by atoms with van der Waals surface area (Å²) in [5.74, 6) is -1.10. The largest absolute Gasteiger partial charge is 0.476 e. The molecule has 74 valence electrons. The average Bonchev–Trinajstić information content (AvgIpc) is 2.30. The molecular weight excluding hydrogens is 196 g/mol. The van der Waals surface area contributed by atoms with Gasteiger partial charge in [0.05, 0.1) is 18.1 Å². The molecule has 0 bridgehead atoms. The lowest BCUT2D eigenvalue weighted by Crippen LogP contribution is -2.02. The van der Waals surface area contributed by atoms with Gasteiger partial charge >= 0.3 is 5.97 Å². The zero-order valence-corrected chi connectivity index (χ0v) is 7.53. The fourth-order valence-corrected chi connectivity index (χ4v) is 1.04. The summed E-state index contributed by atoms with van der Waals surface area (Å²) in [6.45, 7) is 0. The molecule has 0 fully saturated rings. The Kier molecular flexibility index (Phi) is 2.32. The highest BCUT2D eigenvalue weighted by Crippen LogP contribution is 2.12. The fraction of sp³-hybridized carbons (Fsp3) is 0. The van der Waals surface area contributed by atoms with Crippen molar-refractivity contribution in [2.45, 2.75) is 0 Å². The molecule has 0 aliphatic heterocycles. The van der Waals surface area contributed by atoms with Crippen LogP contribution < -0.4 is 0 Å². The van der Waals surface area contributed by atoms with Crippen molar-refractivity contribution >= 4 is 5.97 Å². The molecule has 2 rings (SSSR count). The summed E-state index contributed by atoms with van der Waals surface area (Å²) in [5, 5.41) is 23.3. The van der Waals surface area contributed by atoms with Crippen LogP contribution in [-0.4, -0.2) is 31.5 Å². The zero-order chi connectivity index (χ0) is 10.7. The average molecular weight is 202 g/mol. The van der Waals surface area contributed by atoms with Crippen molar-refractivity contribution in [1.29, 1.82) is 0 Å². The van der Waals surface area contributed by atoms with Gasteiger partial charge in [0.25, 0.3) is 0 Å². The van der Waals surface area contributed by atoms with Gasteiger partial charge in [0.15, 0.2) is 5.69 Å². The molecule has 2 aromatic rings. The molecule has 15 heavy (non-hydrogen) atoms. The maximum Gasteiger partial charge on any atom is 0.356 e. The lowest BCUT2D eigenvalue weighted by Gasteiger charge is -1.97. The molecule has 0 amide bonds. The Bertz CT molecular complexity index is 469. The number of hydrogen-bond donors (Lipinski definition) is 1. The Morgan fingerprint density at radius 3 is 2.53 bits per heavy atom. The van der Waals surface area contributed by atoms with Gasteiger partial charge in [0.2, 0.25) is 0 Å². The molecule has 0 aliphatic rings. The summed E-state index contributed by atoms with van der Waals surface area (Å²) in [4.78, 5) is 10.5. The van der Waals surface area contributed by atoms with E-state index in [1.165, 1.54) is 18.5 Å². The Balaban J connectivity index is 2.36. The SMILES string of the molecule is O=C(O)c1ccc(-c2ccnnc2)nn1. The van der Waals surface area contributed by atoms with E-state index in [2.05, 4.69) is 20.4 Å². The van der Waals surface area contributed by atoms with E-state index in [9.17, 15) is 4.79 Å². The second kappa shape index (κ2) is 3.79. The summed E-state index contributed by atoms with van der Waals surface area (Å²) < 4.78 is 0. The quantitative estimate of drug-likeness (QED) is 0.768. The number of carboxylic acids is 1. The van der Waals surface area contributed by atoms with Gasteiger partial charge in [-0.2, -0.15) is 10.2 Å². The number of hydrogen-bond acceptors (Lipinski definition) is 5. The van der Waals surface area contributed by atoms with Crippen LogP contribution in [-0.2, 0) is 0 Å². The Morgan fingerprint density at radius 2 is 2.00 bits per heavy atom. The summed E-state index contributed by atoms with van der Waals surface area (Å²) in [6.07, 6.45) is 3.06. The van der Waals surface area contributed by atoms with Crippen LogP contribution in [0.4, 0.5) is 0 Å². The van der Waals surface area contributed by atoms with Crippen LogP contribution in [0, 0.1) is 0 Å². The van der Waals surface area contributed by atoms with Crippen molar-refractivity contribution in [2.75, 3.05) is 0 Å². The second-order valence-corrected chi connectivity index (χ2v) is 2.74. The standard InChI is InChI=1S/C9H6N4O2/c14-9(15)8-2-1-7(12-13-8)6-3-4-10-11-5-6/h1-5H,(H,14,15). The van der Waals surface area contributed by atoms with Crippen molar-refractivity contribution < 1.29 is 9.90 Å². The lowest BCUT2D eigenvalue weighted by atomic mass is 10.2. The van der Waals surface area contributed by atoms with Gasteiger partial charge in [-0.3, -0.25) is 0 Å². The maximum absolute atomic E-state index is 10.5. The molecule has 0 unspecified atom stereocenters. The molecule has 2 aromatic heterocycles. The number of carboxylic acid groups (broad SMARTS) is 1. The lowest BCUT2D eigenvalue weighted by molar-refractivity contribution is 0.0689. The molecule has 0 aromatic carbocycles. The van der Waals surface area contributed by atoms with E-state index in [0.29, 0.717) is 5.69 Å². The van der Waals surface area contributed by atoms with Gasteiger partial charge in [-0.05, 0) is 18.2 Å². The van der Waals surface area contributed by atoms with Crippen LogP contribution in [0.1, 0.15) is 10.5 Å². The van der Waals surface area contributed by atoms with Gasteiger partial charge in [0, 0.05) is 5.56 Å². The molecule has 0 atom stereocenters. The smallest absolute Gasteiger partial charge is 0.356 e. The highest BCUT2D eigenvalue weighted by Gasteiger charge is 2.05. The molecular formula is C9H6N4O2. The Morgan fingerprint density at radius 1 is 1.13 bits per heavy atom. The number of aromatic carboxylic acids is 1. The van der Waals surface area contributed by atoms with Gasteiger partial charge in [-0.15, -0.1) is 10.2 Å². The first-order valence-corrected chi connectivity index (χ1v) is 4.11. The first-order chi connectivity index (χ1) is 7.27. The van der Waals surface area contributed by atoms with E-state index >= 15 is 0 Å². The van der Waals surface area contributed by atoms with Crippen LogP contribution in [0.15, 0.2) is 30.6 Å². The minimum absolute atomic E-state index is 0.0826. The van der Waals surface area contributed by atoms with E-state index in [1.54, 1.807) is 12.1 Å². The van der Waals surface area contributed by atoms with Gasteiger partial charge in [-0.25, -0.2) is 4.79 Å². The molecule has 6 heteroatoms. The van der Waals surface area contributed by atoms with E-state index < -0.39 is 5.97 Å². The number of rotatable bonds is 2. The van der Waals surface area contributed by atoms with Crippen LogP contribution in [0.25, 0.3) is 11.3 Å². The van der Waals surface area contributed by atoms with Crippen molar-refractivity contribution in [3.8, 4) is 11.3 Å². The number of carbonyl (C=O) groups is 1. The third kappa shape index (κ3) is 1.93. The molecule has 0 aliphatic carbocycles. The number of aromatic nitrogens is 4. The van der Waals surface area contributed by atoms with Gasteiger partial charge in [-0.1, -0.05) is 0 Å².